The van der Waals surface area contributed by atoms with Crippen LogP contribution < -0.4 is 15.3 Å². The zero-order valence-corrected chi connectivity index (χ0v) is 14.8. The molecular formula is C20H18N4O3. The molecule has 0 fully saturated rings. The highest BCUT2D eigenvalue weighted by atomic mass is 16.5. The predicted molar refractivity (Wildman–Crippen MR) is 102 cm³/mol. The molecule has 0 aliphatic carbocycles. The van der Waals surface area contributed by atoms with Gasteiger partial charge in [0.1, 0.15) is 5.75 Å². The number of hydrogen-bond acceptors (Lipinski definition) is 4. The predicted octanol–water partition coefficient (Wildman–Crippen LogP) is 2.76. The molecule has 0 saturated carbocycles. The van der Waals surface area contributed by atoms with E-state index in [1.54, 1.807) is 31.4 Å². The molecule has 4 rings (SSSR count). The number of methoxy groups -OCH3 is 1. The standard InChI is InChI=1S/C20H18N4O3/c1-27-17-11-9-16(10-12-17)22-14-18-21-23(20(26)24(18)19(22)25)13-5-8-15-6-3-2-4-7-15/h2-12H,13-14H2,1H3. The number of anilines is 1. The summed E-state index contributed by atoms with van der Waals surface area (Å²) in [6, 6.07) is 16.5. The third-order valence-corrected chi connectivity index (χ3v) is 4.40. The van der Waals surface area contributed by atoms with E-state index in [1.165, 1.54) is 9.58 Å². The lowest BCUT2D eigenvalue weighted by atomic mass is 10.2. The van der Waals surface area contributed by atoms with Crippen LogP contribution in [-0.2, 0) is 13.1 Å². The Labute approximate surface area is 155 Å². The summed E-state index contributed by atoms with van der Waals surface area (Å²) in [6.45, 7) is 0.569. The van der Waals surface area contributed by atoms with Gasteiger partial charge in [0.15, 0.2) is 5.82 Å². The number of nitrogens with zero attached hydrogens (tertiary/aromatic N) is 4. The Morgan fingerprint density at radius 1 is 1.07 bits per heavy atom. The van der Waals surface area contributed by atoms with E-state index in [4.69, 9.17) is 4.74 Å². The minimum absolute atomic E-state index is 0.260. The van der Waals surface area contributed by atoms with Crippen LogP contribution in [-0.4, -0.2) is 27.5 Å². The molecule has 3 aromatic rings. The zero-order chi connectivity index (χ0) is 18.8. The number of fused-ring (bicyclic) bond motifs is 1. The monoisotopic (exact) mass is 362 g/mol. The van der Waals surface area contributed by atoms with Gasteiger partial charge >= 0.3 is 11.7 Å². The van der Waals surface area contributed by atoms with Crippen molar-refractivity contribution in [2.24, 2.45) is 0 Å². The first kappa shape index (κ1) is 16.8. The van der Waals surface area contributed by atoms with Crippen molar-refractivity contribution < 1.29 is 9.53 Å². The maximum atomic E-state index is 12.7. The maximum absolute atomic E-state index is 12.7. The van der Waals surface area contributed by atoms with Crippen molar-refractivity contribution in [3.63, 3.8) is 0 Å². The van der Waals surface area contributed by atoms with Gasteiger partial charge in [-0.1, -0.05) is 42.5 Å². The van der Waals surface area contributed by atoms with Crippen molar-refractivity contribution in [1.29, 1.82) is 0 Å². The molecule has 0 unspecified atom stereocenters. The van der Waals surface area contributed by atoms with Crippen molar-refractivity contribution >= 4 is 17.8 Å². The molecule has 0 radical (unpaired) electrons. The van der Waals surface area contributed by atoms with Gasteiger partial charge in [-0.2, -0.15) is 9.67 Å². The fraction of sp³-hybridized carbons (Fsp3) is 0.150. The summed E-state index contributed by atoms with van der Waals surface area (Å²) >= 11 is 0. The first-order chi connectivity index (χ1) is 13.2. The Hall–Kier alpha value is -3.61. The highest BCUT2D eigenvalue weighted by molar-refractivity contribution is 5.96. The zero-order valence-electron chi connectivity index (χ0n) is 14.8. The Balaban J connectivity index is 1.52. The molecule has 1 aliphatic heterocycles. The molecule has 0 spiro atoms. The number of allylic oxidation sites excluding steroid dienone is 1. The summed E-state index contributed by atoms with van der Waals surface area (Å²) in [6.07, 6.45) is 3.77. The lowest BCUT2D eigenvalue weighted by molar-refractivity contribution is 0.250. The molecule has 2 heterocycles. The number of carbonyl (C=O) groups is 1. The Morgan fingerprint density at radius 2 is 1.81 bits per heavy atom. The Morgan fingerprint density at radius 3 is 2.48 bits per heavy atom. The fourth-order valence-corrected chi connectivity index (χ4v) is 3.01. The number of ether oxygens (including phenoxy) is 1. The Bertz CT molecular complexity index is 1050. The van der Waals surface area contributed by atoms with E-state index in [2.05, 4.69) is 5.10 Å². The lowest BCUT2D eigenvalue weighted by Gasteiger charge is -2.15. The van der Waals surface area contributed by atoms with Crippen molar-refractivity contribution in [3.8, 4) is 5.75 Å². The van der Waals surface area contributed by atoms with Gasteiger partial charge in [0.25, 0.3) is 0 Å². The van der Waals surface area contributed by atoms with Crippen LogP contribution in [0.15, 0.2) is 65.5 Å². The first-order valence-corrected chi connectivity index (χ1v) is 8.53. The number of carbonyl (C=O) groups excluding carboxylic acids is 1. The SMILES string of the molecule is COc1ccc(N2Cc3nn(CC=Cc4ccccc4)c(=O)n3C2=O)cc1. The summed E-state index contributed by atoms with van der Waals surface area (Å²) in [5, 5.41) is 4.31. The van der Waals surface area contributed by atoms with Crippen LogP contribution in [0.5, 0.6) is 5.75 Å². The molecule has 0 N–H and O–H groups in total. The number of rotatable bonds is 5. The van der Waals surface area contributed by atoms with Gasteiger partial charge in [0.05, 0.1) is 20.2 Å². The Kier molecular flexibility index (Phi) is 4.33. The van der Waals surface area contributed by atoms with E-state index < -0.39 is 11.7 Å². The van der Waals surface area contributed by atoms with E-state index in [0.29, 0.717) is 23.8 Å². The topological polar surface area (TPSA) is 69.4 Å². The third-order valence-electron chi connectivity index (χ3n) is 4.40. The summed E-state index contributed by atoms with van der Waals surface area (Å²) in [7, 11) is 1.58. The number of amides is 1. The van der Waals surface area contributed by atoms with Gasteiger partial charge in [-0.3, -0.25) is 4.90 Å². The molecule has 2 aromatic carbocycles. The molecule has 136 valence electrons. The molecule has 0 atom stereocenters. The van der Waals surface area contributed by atoms with Crippen LogP contribution in [0.3, 0.4) is 0 Å². The largest absolute Gasteiger partial charge is 0.497 e. The summed E-state index contributed by atoms with van der Waals surface area (Å²) in [5.74, 6) is 1.14. The second-order valence-corrected chi connectivity index (χ2v) is 6.10. The second-order valence-electron chi connectivity index (χ2n) is 6.10. The molecule has 7 heteroatoms. The number of hydrogen-bond donors (Lipinski definition) is 0. The lowest BCUT2D eigenvalue weighted by Crippen LogP contribution is -2.34. The summed E-state index contributed by atoms with van der Waals surface area (Å²) in [4.78, 5) is 26.7. The van der Waals surface area contributed by atoms with Crippen LogP contribution in [0.1, 0.15) is 11.4 Å². The normalized spacial score (nSPS) is 13.4. The highest BCUT2D eigenvalue weighted by Crippen LogP contribution is 2.24. The average molecular weight is 362 g/mol. The smallest absolute Gasteiger partial charge is 0.354 e. The average Bonchev–Trinajstić information content (AvgIpc) is 3.19. The van der Waals surface area contributed by atoms with Gasteiger partial charge < -0.3 is 4.74 Å². The minimum Gasteiger partial charge on any atom is -0.497 e. The van der Waals surface area contributed by atoms with Crippen molar-refractivity contribution in [1.82, 2.24) is 14.3 Å². The van der Waals surface area contributed by atoms with Crippen LogP contribution in [0.25, 0.3) is 6.08 Å². The molecule has 1 aromatic heterocycles. The number of aromatic nitrogens is 3. The number of benzene rings is 2. The molecule has 0 saturated heterocycles. The van der Waals surface area contributed by atoms with Crippen molar-refractivity contribution in [2.45, 2.75) is 13.1 Å². The van der Waals surface area contributed by atoms with Crippen LogP contribution >= 0.6 is 0 Å². The van der Waals surface area contributed by atoms with Crippen LogP contribution in [0.2, 0.25) is 0 Å². The second kappa shape index (κ2) is 6.95. The van der Waals surface area contributed by atoms with Crippen LogP contribution in [0, 0.1) is 0 Å². The van der Waals surface area contributed by atoms with Gasteiger partial charge in [0, 0.05) is 5.69 Å². The molecule has 1 aliphatic rings. The van der Waals surface area contributed by atoms with E-state index in [1.807, 2.05) is 42.5 Å². The van der Waals surface area contributed by atoms with Crippen LogP contribution in [0.4, 0.5) is 10.5 Å². The molecule has 27 heavy (non-hydrogen) atoms. The molecular weight excluding hydrogens is 344 g/mol. The first-order valence-electron chi connectivity index (χ1n) is 8.53. The fourth-order valence-electron chi connectivity index (χ4n) is 3.01. The van der Waals surface area contributed by atoms with E-state index in [-0.39, 0.29) is 6.54 Å². The van der Waals surface area contributed by atoms with Gasteiger partial charge in [-0.05, 0) is 29.8 Å². The summed E-state index contributed by atoms with van der Waals surface area (Å²) in [5.41, 5.74) is 1.31. The highest BCUT2D eigenvalue weighted by Gasteiger charge is 2.33. The van der Waals surface area contributed by atoms with E-state index >= 15 is 0 Å². The van der Waals surface area contributed by atoms with Gasteiger partial charge in [-0.25, -0.2) is 14.3 Å². The van der Waals surface area contributed by atoms with Gasteiger partial charge in [0.2, 0.25) is 0 Å². The minimum atomic E-state index is -0.427. The third kappa shape index (κ3) is 3.15. The summed E-state index contributed by atoms with van der Waals surface area (Å²) < 4.78 is 7.56. The molecule has 1 amide bonds. The van der Waals surface area contributed by atoms with Crippen molar-refractivity contribution in [3.05, 3.63) is 82.5 Å². The van der Waals surface area contributed by atoms with E-state index in [0.717, 1.165) is 10.1 Å². The maximum Gasteiger partial charge on any atom is 0.354 e. The van der Waals surface area contributed by atoms with E-state index in [9.17, 15) is 9.59 Å². The van der Waals surface area contributed by atoms with Crippen molar-refractivity contribution in [2.75, 3.05) is 12.0 Å². The molecule has 0 bridgehead atoms. The quantitative estimate of drug-likeness (QED) is 0.700. The van der Waals surface area contributed by atoms with Gasteiger partial charge in [-0.15, -0.1) is 0 Å². The molecule has 7 nitrogen and oxygen atoms in total.